The number of allylic oxidation sites excluding steroid dienone is 5. The van der Waals surface area contributed by atoms with Gasteiger partial charge in [0, 0.05) is 102 Å². The van der Waals surface area contributed by atoms with Gasteiger partial charge >= 0.3 is 0 Å². The second-order valence-electron chi connectivity index (χ2n) is 30.2. The molecule has 0 spiro atoms. The Balaban J connectivity index is 0.952. The number of nitrogens with zero attached hydrogens (tertiary/aromatic N) is 6. The minimum absolute atomic E-state index is 0.235. The number of hydrogen-bond donors (Lipinski definition) is 0. The number of anilines is 13. The third kappa shape index (κ3) is 10.6. The van der Waals surface area contributed by atoms with Gasteiger partial charge in [-0.3, -0.25) is 0 Å². The summed E-state index contributed by atoms with van der Waals surface area (Å²) < 4.78 is 2.58. The molecule has 0 N–H and O–H groups in total. The minimum Gasteiger partial charge on any atom is -0.315 e. The first kappa shape index (κ1) is 67.5. The summed E-state index contributed by atoms with van der Waals surface area (Å²) in [5.41, 5.74) is 40.9. The maximum atomic E-state index is 4.79. The van der Waals surface area contributed by atoms with E-state index in [1.54, 1.807) is 0 Å². The van der Waals surface area contributed by atoms with Crippen molar-refractivity contribution in [3.05, 3.63) is 399 Å². The standard InChI is InChI=1S/C104H80B2N6/c1-9-33-71(7)107(72(8)34-10-2)80-61-96-102-98(62-80)110(79-47-24-15-25-48-79)94-66-95-89(65-88(94)105(102)86-51-26-28-53-92(86)108(96)77-43-20-13-21-44-77)106-87-52-27-29-54-93(87)109(78-45-22-14-23-46-78)97-63-81(64-99(103(97)106)112(95)104-82(73-39-16-11-17-40-73)49-32-50-83(104)74-41-18-12-19-42-74)111-90-57-55-75(100-67(3)35-30-36-68(100)4)59-84(90)85-60-76(56-58-91(85)111)101-69(5)37-31-38-70(101)6/h9-66H,1,8H2,2-7H3/b34-10-,71-33+. The molecular formula is C104H80B2N6. The quantitative estimate of drug-likeness (QED) is 0.0797. The molecule has 0 saturated carbocycles. The maximum absolute atomic E-state index is 4.79. The Morgan fingerprint density at radius 1 is 0.348 bits per heavy atom. The zero-order valence-corrected chi connectivity index (χ0v) is 63.7. The topological polar surface area (TPSA) is 21.1 Å². The van der Waals surface area contributed by atoms with Crippen LogP contribution in [0.15, 0.2) is 376 Å². The van der Waals surface area contributed by atoms with Gasteiger partial charge in [0.2, 0.25) is 0 Å². The lowest BCUT2D eigenvalue weighted by Gasteiger charge is -2.48. The van der Waals surface area contributed by atoms with E-state index in [9.17, 15) is 0 Å². The Hall–Kier alpha value is -13.8. The lowest BCUT2D eigenvalue weighted by molar-refractivity contribution is 1.10. The molecule has 4 aliphatic rings. The largest absolute Gasteiger partial charge is 0.315 e. The highest BCUT2D eigenvalue weighted by molar-refractivity contribution is 7.03. The first-order valence-electron chi connectivity index (χ1n) is 39.0. The molecule has 112 heavy (non-hydrogen) atoms. The molecule has 0 radical (unpaired) electrons. The van der Waals surface area contributed by atoms with Gasteiger partial charge in [-0.1, -0.05) is 250 Å². The van der Waals surface area contributed by atoms with Gasteiger partial charge in [0.25, 0.3) is 13.4 Å². The molecule has 0 aliphatic carbocycles. The van der Waals surface area contributed by atoms with Crippen molar-refractivity contribution in [2.45, 2.75) is 41.5 Å². The van der Waals surface area contributed by atoms with E-state index in [0.717, 1.165) is 124 Å². The number of para-hydroxylation sites is 6. The van der Waals surface area contributed by atoms with Crippen LogP contribution in [0.2, 0.25) is 0 Å². The average molecular weight is 1440 g/mol. The summed E-state index contributed by atoms with van der Waals surface area (Å²) in [6, 6.07) is 124. The summed E-state index contributed by atoms with van der Waals surface area (Å²) >= 11 is 0. The van der Waals surface area contributed by atoms with Crippen molar-refractivity contribution in [1.82, 2.24) is 4.57 Å². The van der Waals surface area contributed by atoms with Gasteiger partial charge in [-0.05, 0) is 245 Å². The molecule has 4 aliphatic heterocycles. The molecule has 8 heteroatoms. The van der Waals surface area contributed by atoms with E-state index >= 15 is 0 Å². The molecule has 0 saturated heterocycles. The zero-order chi connectivity index (χ0) is 75.6. The number of hydrogen-bond acceptors (Lipinski definition) is 5. The normalized spacial score (nSPS) is 13.1. The van der Waals surface area contributed by atoms with Gasteiger partial charge in [-0.2, -0.15) is 0 Å². The summed E-state index contributed by atoms with van der Waals surface area (Å²) in [6.45, 7) is 21.7. The Morgan fingerprint density at radius 3 is 1.19 bits per heavy atom. The van der Waals surface area contributed by atoms with Crippen LogP contribution in [0, 0.1) is 27.7 Å². The summed E-state index contributed by atoms with van der Waals surface area (Å²) in [5, 5.41) is 2.38. The van der Waals surface area contributed by atoms with Gasteiger partial charge in [-0.15, -0.1) is 0 Å². The lowest BCUT2D eigenvalue weighted by Crippen LogP contribution is -2.65. The molecule has 6 nitrogen and oxygen atoms in total. The first-order valence-corrected chi connectivity index (χ1v) is 39.0. The second-order valence-corrected chi connectivity index (χ2v) is 30.2. The molecule has 532 valence electrons. The highest BCUT2D eigenvalue weighted by atomic mass is 15.2. The maximum Gasteiger partial charge on any atom is 0.252 e. The molecule has 5 heterocycles. The molecule has 0 unspecified atom stereocenters. The highest BCUT2D eigenvalue weighted by Crippen LogP contribution is 2.55. The summed E-state index contributed by atoms with van der Waals surface area (Å²) in [4.78, 5) is 12.6. The van der Waals surface area contributed by atoms with Crippen LogP contribution in [0.5, 0.6) is 0 Å². The van der Waals surface area contributed by atoms with Crippen molar-refractivity contribution in [1.29, 1.82) is 0 Å². The zero-order valence-electron chi connectivity index (χ0n) is 63.7. The number of fused-ring (bicyclic) bond motifs is 11. The Bertz CT molecular complexity index is 6390. The van der Waals surface area contributed by atoms with Crippen molar-refractivity contribution in [3.8, 4) is 50.2 Å². The van der Waals surface area contributed by atoms with Crippen LogP contribution in [-0.4, -0.2) is 18.0 Å². The number of rotatable bonds is 14. The van der Waals surface area contributed by atoms with Crippen molar-refractivity contribution in [3.63, 3.8) is 0 Å². The smallest absolute Gasteiger partial charge is 0.252 e. The molecule has 16 aromatic rings. The summed E-state index contributed by atoms with van der Waals surface area (Å²) in [7, 11) is 0. The highest BCUT2D eigenvalue weighted by Gasteiger charge is 2.49. The molecule has 20 rings (SSSR count). The lowest BCUT2D eigenvalue weighted by atomic mass is 9.30. The predicted molar refractivity (Wildman–Crippen MR) is 480 cm³/mol. The molecule has 0 atom stereocenters. The van der Waals surface area contributed by atoms with Crippen LogP contribution in [0.3, 0.4) is 0 Å². The van der Waals surface area contributed by atoms with Crippen molar-refractivity contribution < 1.29 is 0 Å². The van der Waals surface area contributed by atoms with E-state index in [0.29, 0.717) is 0 Å². The van der Waals surface area contributed by atoms with E-state index in [-0.39, 0.29) is 13.4 Å². The van der Waals surface area contributed by atoms with Crippen molar-refractivity contribution >= 4 is 142 Å². The van der Waals surface area contributed by atoms with Gasteiger partial charge in [0.15, 0.2) is 0 Å². The third-order valence-electron chi connectivity index (χ3n) is 23.7. The Morgan fingerprint density at radius 2 is 0.741 bits per heavy atom. The fraction of sp³-hybridized carbons (Fsp3) is 0.0577. The third-order valence-corrected chi connectivity index (χ3v) is 23.7. The average Bonchev–Trinajstić information content (AvgIpc) is 0.756. The van der Waals surface area contributed by atoms with E-state index < -0.39 is 0 Å². The number of aromatic nitrogens is 1. The molecular weight excluding hydrogens is 1350 g/mol. The molecule has 0 fully saturated rings. The van der Waals surface area contributed by atoms with Crippen LogP contribution in [0.4, 0.5) is 73.9 Å². The Labute approximate surface area is 657 Å². The SMILES string of the molecule is C=C/C=C(\C)N(C(=C)/C=C\C)c1cc2c3c(c1)N(c1ccccc1)c1cc4c(cc1B3c1ccccc1N2c1ccccc1)B1c2ccccc2N(c2ccccc2)c2cc(-n3c5ccc(-c6c(C)cccc6C)cc5c5cc(-c6c(C)cccc6C)ccc53)cc(c21)N4c1c(-c2ccccc2)cccc1-c1ccccc1. The molecule has 0 bridgehead atoms. The minimum atomic E-state index is -0.271. The van der Waals surface area contributed by atoms with E-state index in [1.807, 2.05) is 6.08 Å². The first-order chi connectivity index (χ1) is 55.0. The van der Waals surface area contributed by atoms with Crippen molar-refractivity contribution in [2.24, 2.45) is 0 Å². The summed E-state index contributed by atoms with van der Waals surface area (Å²) in [5.74, 6) is 0. The van der Waals surface area contributed by atoms with E-state index in [2.05, 4.69) is 423 Å². The van der Waals surface area contributed by atoms with Gasteiger partial charge < -0.3 is 29.1 Å². The van der Waals surface area contributed by atoms with Gasteiger partial charge in [0.05, 0.1) is 22.4 Å². The van der Waals surface area contributed by atoms with E-state index in [1.165, 1.54) is 88.1 Å². The molecule has 1 aromatic heterocycles. The van der Waals surface area contributed by atoms with Gasteiger partial charge in [-0.25, -0.2) is 0 Å². The Kier molecular flexibility index (Phi) is 16.3. The van der Waals surface area contributed by atoms with Crippen LogP contribution in [0.25, 0.3) is 72.0 Å². The second kappa shape index (κ2) is 27.1. The van der Waals surface area contributed by atoms with Crippen LogP contribution in [-0.2, 0) is 0 Å². The fourth-order valence-corrected chi connectivity index (χ4v) is 19.2. The molecule has 15 aromatic carbocycles. The van der Waals surface area contributed by atoms with E-state index in [4.69, 9.17) is 6.58 Å². The monoisotopic (exact) mass is 1430 g/mol. The van der Waals surface area contributed by atoms with Crippen molar-refractivity contribution in [2.75, 3.05) is 24.5 Å². The number of aryl methyl sites for hydroxylation is 4. The van der Waals surface area contributed by atoms with Crippen LogP contribution < -0.4 is 57.3 Å². The van der Waals surface area contributed by atoms with Crippen LogP contribution in [0.1, 0.15) is 36.1 Å². The molecule has 0 amide bonds. The summed E-state index contributed by atoms with van der Waals surface area (Å²) in [6.07, 6.45) is 8.14. The fourth-order valence-electron chi connectivity index (χ4n) is 19.2. The van der Waals surface area contributed by atoms with Gasteiger partial charge in [0.1, 0.15) is 0 Å². The number of benzene rings is 15. The predicted octanol–water partition coefficient (Wildman–Crippen LogP) is 23.8. The van der Waals surface area contributed by atoms with Crippen LogP contribution >= 0.6 is 0 Å².